The zero-order chi connectivity index (χ0) is 14.8. The van der Waals surface area contributed by atoms with Gasteiger partial charge >= 0.3 is 6.03 Å². The number of hydrogen-bond acceptors (Lipinski definition) is 6. The Morgan fingerprint density at radius 1 is 1.35 bits per heavy atom. The minimum absolute atomic E-state index is 0.172. The van der Waals surface area contributed by atoms with Crippen molar-refractivity contribution in [1.82, 2.24) is 20.4 Å². The van der Waals surface area contributed by atoms with Gasteiger partial charge in [0, 0.05) is 6.54 Å². The van der Waals surface area contributed by atoms with Gasteiger partial charge in [0.1, 0.15) is 10.5 Å². The summed E-state index contributed by atoms with van der Waals surface area (Å²) in [6.07, 6.45) is 1.56. The highest BCUT2D eigenvalue weighted by Gasteiger charge is 2.46. The highest BCUT2D eigenvalue weighted by atomic mass is 32.1. The normalized spacial score (nSPS) is 22.2. The van der Waals surface area contributed by atoms with E-state index in [2.05, 4.69) is 27.8 Å². The number of nitrogens with one attached hydrogen (secondary N) is 2. The van der Waals surface area contributed by atoms with Crippen LogP contribution in [0.2, 0.25) is 0 Å². The number of amides is 3. The van der Waals surface area contributed by atoms with E-state index in [0.717, 1.165) is 13.0 Å². The van der Waals surface area contributed by atoms with E-state index in [0.29, 0.717) is 16.6 Å². The van der Waals surface area contributed by atoms with E-state index >= 15 is 0 Å². The van der Waals surface area contributed by atoms with Crippen LogP contribution in [-0.4, -0.2) is 39.1 Å². The summed E-state index contributed by atoms with van der Waals surface area (Å²) in [4.78, 5) is 25.3. The third kappa shape index (κ3) is 2.74. The molecule has 0 bridgehead atoms. The molecule has 3 amide bonds. The third-order valence-electron chi connectivity index (χ3n) is 3.34. The topological polar surface area (TPSA) is 87.2 Å². The molecule has 1 unspecified atom stereocenters. The maximum Gasteiger partial charge on any atom is 0.325 e. The van der Waals surface area contributed by atoms with Crippen LogP contribution in [0.1, 0.15) is 38.6 Å². The van der Waals surface area contributed by atoms with Gasteiger partial charge in [0.2, 0.25) is 5.13 Å². The van der Waals surface area contributed by atoms with Crippen LogP contribution in [0.5, 0.6) is 0 Å². The lowest BCUT2D eigenvalue weighted by Crippen LogP contribution is -2.43. The summed E-state index contributed by atoms with van der Waals surface area (Å²) in [6.45, 7) is 6.67. The summed E-state index contributed by atoms with van der Waals surface area (Å²) in [5.41, 5.74) is -0.801. The lowest BCUT2D eigenvalue weighted by Gasteiger charge is -2.18. The molecule has 1 saturated heterocycles. The van der Waals surface area contributed by atoms with Crippen molar-refractivity contribution in [3.05, 3.63) is 5.01 Å². The van der Waals surface area contributed by atoms with E-state index in [9.17, 15) is 9.59 Å². The molecule has 2 rings (SSSR count). The summed E-state index contributed by atoms with van der Waals surface area (Å²) < 4.78 is 0. The van der Waals surface area contributed by atoms with Crippen molar-refractivity contribution in [3.63, 3.8) is 0 Å². The summed E-state index contributed by atoms with van der Waals surface area (Å²) in [5.74, 6) is -0.205. The molecule has 7 nitrogen and oxygen atoms in total. The fourth-order valence-electron chi connectivity index (χ4n) is 1.89. The number of rotatable bonds is 6. The van der Waals surface area contributed by atoms with E-state index in [4.69, 9.17) is 0 Å². The first-order valence-electron chi connectivity index (χ1n) is 6.70. The minimum Gasteiger partial charge on any atom is -0.360 e. The monoisotopic (exact) mass is 297 g/mol. The van der Waals surface area contributed by atoms with Gasteiger partial charge in [-0.05, 0) is 19.8 Å². The quantitative estimate of drug-likeness (QED) is 0.778. The summed E-state index contributed by atoms with van der Waals surface area (Å²) >= 11 is 1.36. The Labute approximate surface area is 121 Å². The smallest absolute Gasteiger partial charge is 0.325 e. The first-order chi connectivity index (χ1) is 9.50. The molecule has 0 aliphatic carbocycles. The second-order valence-electron chi connectivity index (χ2n) is 4.93. The second-order valence-corrected chi connectivity index (χ2v) is 6.00. The molecule has 0 radical (unpaired) electrons. The van der Waals surface area contributed by atoms with Gasteiger partial charge < -0.3 is 10.6 Å². The van der Waals surface area contributed by atoms with E-state index < -0.39 is 5.54 Å². The Bertz CT molecular complexity index is 518. The van der Waals surface area contributed by atoms with Crippen LogP contribution in [0, 0.1) is 0 Å². The highest BCUT2D eigenvalue weighted by molar-refractivity contribution is 7.15. The largest absolute Gasteiger partial charge is 0.360 e. The van der Waals surface area contributed by atoms with Crippen molar-refractivity contribution in [2.75, 3.05) is 11.9 Å². The molecule has 1 aliphatic rings. The third-order valence-corrected chi connectivity index (χ3v) is 4.20. The molecule has 0 spiro atoms. The highest BCUT2D eigenvalue weighted by Crippen LogP contribution is 2.24. The van der Waals surface area contributed by atoms with Gasteiger partial charge in [-0.3, -0.25) is 9.69 Å². The molecule has 0 saturated carbocycles. The van der Waals surface area contributed by atoms with Crippen LogP contribution < -0.4 is 10.6 Å². The molecule has 2 N–H and O–H groups in total. The molecule has 20 heavy (non-hydrogen) atoms. The molecular formula is C12H19N5O2S. The van der Waals surface area contributed by atoms with Crippen molar-refractivity contribution in [2.24, 2.45) is 0 Å². The first kappa shape index (κ1) is 14.7. The number of aromatic nitrogens is 2. The van der Waals surface area contributed by atoms with Crippen molar-refractivity contribution < 1.29 is 9.59 Å². The maximum absolute atomic E-state index is 12.2. The number of anilines is 1. The van der Waals surface area contributed by atoms with Gasteiger partial charge in [-0.15, -0.1) is 10.2 Å². The summed E-state index contributed by atoms with van der Waals surface area (Å²) in [6, 6.07) is -0.363. The van der Waals surface area contributed by atoms with Gasteiger partial charge in [0.15, 0.2) is 0 Å². The van der Waals surface area contributed by atoms with Crippen LogP contribution in [0.25, 0.3) is 0 Å². The van der Waals surface area contributed by atoms with Crippen molar-refractivity contribution in [2.45, 2.75) is 45.7 Å². The predicted octanol–water partition coefficient (Wildman–Crippen LogP) is 1.58. The molecule has 8 heteroatoms. The predicted molar refractivity (Wildman–Crippen MR) is 76.5 cm³/mol. The van der Waals surface area contributed by atoms with Gasteiger partial charge in [-0.25, -0.2) is 4.79 Å². The van der Waals surface area contributed by atoms with E-state index in [-0.39, 0.29) is 18.5 Å². The number of hydrogen-bond donors (Lipinski definition) is 2. The Hall–Kier alpha value is -1.70. The number of nitrogens with zero attached hydrogens (tertiary/aromatic N) is 3. The SMILES string of the molecule is CCCNc1nnc(CN2C(=O)NC(C)(CC)C2=O)s1. The zero-order valence-electron chi connectivity index (χ0n) is 11.9. The van der Waals surface area contributed by atoms with E-state index in [1.165, 1.54) is 16.2 Å². The van der Waals surface area contributed by atoms with Gasteiger partial charge in [-0.1, -0.05) is 25.2 Å². The van der Waals surface area contributed by atoms with Crippen molar-refractivity contribution >= 4 is 28.4 Å². The Morgan fingerprint density at radius 3 is 2.70 bits per heavy atom. The van der Waals surface area contributed by atoms with Crippen LogP contribution in [0.15, 0.2) is 0 Å². The Morgan fingerprint density at radius 2 is 2.10 bits per heavy atom. The van der Waals surface area contributed by atoms with Gasteiger partial charge in [-0.2, -0.15) is 0 Å². The number of imide groups is 1. The van der Waals surface area contributed by atoms with Crippen molar-refractivity contribution in [3.8, 4) is 0 Å². The average Bonchev–Trinajstić information content (AvgIpc) is 2.96. The van der Waals surface area contributed by atoms with E-state index in [1.807, 2.05) is 6.92 Å². The lowest BCUT2D eigenvalue weighted by atomic mass is 9.99. The lowest BCUT2D eigenvalue weighted by molar-refractivity contribution is -0.131. The molecule has 0 aromatic carbocycles. The zero-order valence-corrected chi connectivity index (χ0v) is 12.7. The molecule has 1 aromatic rings. The standard InChI is InChI=1S/C12H19N5O2S/c1-4-6-13-10-16-15-8(20-10)7-17-9(18)12(3,5-2)14-11(17)19/h4-7H2,1-3H3,(H,13,16)(H,14,19). The maximum atomic E-state index is 12.2. The summed E-state index contributed by atoms with van der Waals surface area (Å²) in [7, 11) is 0. The minimum atomic E-state index is -0.801. The summed E-state index contributed by atoms with van der Waals surface area (Å²) in [5, 5.41) is 15.2. The Kier molecular flexibility index (Phi) is 4.22. The van der Waals surface area contributed by atoms with Crippen molar-refractivity contribution in [1.29, 1.82) is 0 Å². The molecular weight excluding hydrogens is 278 g/mol. The molecule has 1 atom stereocenters. The van der Waals surface area contributed by atoms with E-state index in [1.54, 1.807) is 6.92 Å². The molecule has 1 aromatic heterocycles. The number of carbonyl (C=O) groups is 2. The molecule has 1 aliphatic heterocycles. The second kappa shape index (κ2) is 5.74. The van der Waals surface area contributed by atoms with Gasteiger partial charge in [0.25, 0.3) is 5.91 Å². The Balaban J connectivity index is 2.04. The fourth-order valence-corrected chi connectivity index (χ4v) is 2.64. The van der Waals surface area contributed by atoms with Gasteiger partial charge in [0.05, 0.1) is 6.54 Å². The first-order valence-corrected chi connectivity index (χ1v) is 7.52. The van der Waals surface area contributed by atoms with Crippen LogP contribution in [-0.2, 0) is 11.3 Å². The molecule has 2 heterocycles. The number of carbonyl (C=O) groups excluding carboxylic acids is 2. The average molecular weight is 297 g/mol. The fraction of sp³-hybridized carbons (Fsp3) is 0.667. The number of urea groups is 1. The van der Waals surface area contributed by atoms with Crippen LogP contribution in [0.4, 0.5) is 9.93 Å². The van der Waals surface area contributed by atoms with Crippen LogP contribution in [0.3, 0.4) is 0 Å². The van der Waals surface area contributed by atoms with Crippen LogP contribution >= 0.6 is 11.3 Å². The molecule has 110 valence electrons. The molecule has 1 fully saturated rings.